The van der Waals surface area contributed by atoms with Crippen LogP contribution in [0, 0.1) is 6.92 Å². The number of benzene rings is 6. The van der Waals surface area contributed by atoms with Crippen LogP contribution in [-0.4, -0.2) is 64.9 Å². The van der Waals surface area contributed by atoms with Crippen LogP contribution >= 0.6 is 23.2 Å². The normalized spacial score (nSPS) is 11.2. The molecule has 10 aromatic rings. The first-order valence-corrected chi connectivity index (χ1v) is 23.4. The number of aldehydes is 1. The summed E-state index contributed by atoms with van der Waals surface area (Å²) in [7, 11) is 3.17. The van der Waals surface area contributed by atoms with Gasteiger partial charge in [-0.25, -0.2) is 19.3 Å². The van der Waals surface area contributed by atoms with Gasteiger partial charge < -0.3 is 9.47 Å². The van der Waals surface area contributed by atoms with Crippen molar-refractivity contribution in [2.75, 3.05) is 14.2 Å². The summed E-state index contributed by atoms with van der Waals surface area (Å²) in [5, 5.41) is 11.9. The number of hydrogen-bond acceptors (Lipinski definition) is 9. The Balaban J connectivity index is 0.000000174. The number of aromatic nitrogens is 6. The summed E-state index contributed by atoms with van der Waals surface area (Å²) in [6, 6.07) is 65.2. The number of fused-ring (bicyclic) bond motifs is 2. The molecular weight excluding hydrogens is 962 g/mol. The Morgan fingerprint density at radius 2 is 0.765 bits per heavy atom. The Bertz CT molecular complexity index is 3150. The van der Waals surface area contributed by atoms with Crippen LogP contribution in [-0.2, 0) is 18.7 Å². The fourth-order valence-electron chi connectivity index (χ4n) is 9.04. The van der Waals surface area contributed by atoms with Gasteiger partial charge in [0.1, 0.15) is 27.1 Å². The molecule has 0 amide bonds. The van der Waals surface area contributed by atoms with Crippen LogP contribution in [0.15, 0.2) is 194 Å². The van der Waals surface area contributed by atoms with Crippen molar-refractivity contribution in [1.82, 2.24) is 29.5 Å². The molecule has 11 nitrogen and oxygen atoms in total. The number of nitrogens with zero attached hydrogens (tertiary/aromatic N) is 6. The second-order valence-electron chi connectivity index (χ2n) is 15.3. The Kier molecular flexibility index (Phi) is 14.5. The third-order valence-electron chi connectivity index (χ3n) is 11.7. The summed E-state index contributed by atoms with van der Waals surface area (Å²) in [6.45, 7) is 1.93. The molecule has 0 spiro atoms. The van der Waals surface area contributed by atoms with Crippen molar-refractivity contribution in [1.29, 1.82) is 0 Å². The van der Waals surface area contributed by atoms with Crippen LogP contribution in [0.25, 0.3) is 21.8 Å². The maximum atomic E-state index is 11.9. The van der Waals surface area contributed by atoms with Crippen LogP contribution in [0.5, 0.6) is 11.8 Å². The predicted molar refractivity (Wildman–Crippen MR) is 265 cm³/mol. The fraction of sp³-hybridized carbons (Fsp3) is 0.0926. The van der Waals surface area contributed by atoms with Crippen molar-refractivity contribution in [2.24, 2.45) is 0 Å². The molecule has 10 rings (SSSR count). The Morgan fingerprint density at radius 3 is 1.06 bits per heavy atom. The average Bonchev–Trinajstić information content (AvgIpc) is 3.95. The Hall–Kier alpha value is -7.47. The van der Waals surface area contributed by atoms with Gasteiger partial charge in [-0.1, -0.05) is 205 Å². The summed E-state index contributed by atoms with van der Waals surface area (Å²) in [5.41, 5.74) is 7.06. The van der Waals surface area contributed by atoms with E-state index in [9.17, 15) is 4.79 Å². The number of rotatable bonds is 11. The zero-order valence-corrected chi connectivity index (χ0v) is 40.2. The molecule has 0 unspecified atom stereocenters. The number of ether oxygens (including phenoxy) is 2. The van der Waals surface area contributed by atoms with Crippen LogP contribution in [0.2, 0.25) is 10.3 Å². The number of hydrogen-bond donors (Lipinski definition) is 0. The molecule has 14 heteroatoms. The summed E-state index contributed by atoms with van der Waals surface area (Å²) < 4.78 is 32.1. The van der Waals surface area contributed by atoms with Gasteiger partial charge in [0.25, 0.3) is 0 Å². The van der Waals surface area contributed by atoms with E-state index in [1.165, 1.54) is 7.11 Å². The molecule has 338 valence electrons. The molecule has 0 aliphatic carbocycles. The molecule has 0 radical (unpaired) electrons. The van der Waals surface area contributed by atoms with Crippen molar-refractivity contribution in [3.63, 3.8) is 0 Å². The van der Waals surface area contributed by atoms with Crippen molar-refractivity contribution < 1.29 is 21.9 Å². The molecule has 4 heterocycles. The fourth-order valence-corrected chi connectivity index (χ4v) is 9.46. The summed E-state index contributed by atoms with van der Waals surface area (Å²) in [5.74, 6) is 0.831. The van der Waals surface area contributed by atoms with Crippen molar-refractivity contribution in [3.8, 4) is 11.8 Å². The number of methoxy groups -OCH3 is 2. The van der Waals surface area contributed by atoms with Crippen LogP contribution in [0.3, 0.4) is 0 Å². The molecule has 0 saturated heterocycles. The van der Waals surface area contributed by atoms with Gasteiger partial charge in [-0.05, 0) is 40.3 Å². The zero-order valence-electron chi connectivity index (χ0n) is 36.9. The van der Waals surface area contributed by atoms with Gasteiger partial charge in [0, 0.05) is 12.1 Å². The molecule has 0 saturated carbocycles. The first-order chi connectivity index (χ1) is 33.3. The quantitative estimate of drug-likeness (QED) is 0.0538. The molecule has 0 N–H and O–H groups in total. The molecule has 68 heavy (non-hydrogen) atoms. The van der Waals surface area contributed by atoms with Crippen LogP contribution in [0.1, 0.15) is 49.6 Å². The van der Waals surface area contributed by atoms with Gasteiger partial charge in [0.2, 0.25) is 11.8 Å². The molecule has 0 bridgehead atoms. The van der Waals surface area contributed by atoms with Gasteiger partial charge in [-0.15, -0.1) is 10.2 Å². The van der Waals surface area contributed by atoms with Gasteiger partial charge in [0.15, 0.2) is 6.29 Å². The number of carbonyl (C=O) groups excluding carboxylic acids is 1. The predicted octanol–water partition coefficient (Wildman–Crippen LogP) is 11.4. The minimum atomic E-state index is -1.62. The number of aryl methyl sites for hydroxylation is 1. The van der Waals surface area contributed by atoms with E-state index in [-0.39, 0.29) is 10.8 Å². The van der Waals surface area contributed by atoms with E-state index in [1.807, 2.05) is 95.2 Å². The topological polar surface area (TPSA) is 131 Å². The number of carbonyl (C=O) groups is 1. The van der Waals surface area contributed by atoms with Gasteiger partial charge in [0.05, 0.1) is 41.7 Å². The Morgan fingerprint density at radius 1 is 0.485 bits per heavy atom. The van der Waals surface area contributed by atoms with Crippen molar-refractivity contribution >= 4 is 66.1 Å². The molecule has 6 aromatic carbocycles. The van der Waals surface area contributed by atoms with E-state index in [0.29, 0.717) is 34.1 Å². The van der Waals surface area contributed by atoms with Gasteiger partial charge >= 0.3 is 22.5 Å². The Labute approximate surface area is 408 Å². The first-order valence-electron chi connectivity index (χ1n) is 21.2. The third-order valence-corrected chi connectivity index (χ3v) is 12.1. The van der Waals surface area contributed by atoms with E-state index in [2.05, 4.69) is 119 Å². The minimum absolute atomic E-state index is 0.184. The van der Waals surface area contributed by atoms with E-state index < -0.39 is 25.9 Å². The van der Waals surface area contributed by atoms with Crippen LogP contribution < -0.4 is 9.47 Å². The maximum absolute atomic E-state index is 11.9. The second kappa shape index (κ2) is 21.0. The van der Waals surface area contributed by atoms with Crippen molar-refractivity contribution in [2.45, 2.75) is 18.0 Å². The summed E-state index contributed by atoms with van der Waals surface area (Å²) in [6.07, 6.45) is 0.679. The van der Waals surface area contributed by atoms with Gasteiger partial charge in [-0.3, -0.25) is 4.79 Å². The van der Waals surface area contributed by atoms with Crippen molar-refractivity contribution in [3.05, 3.63) is 249 Å². The number of halogens is 2. The second-order valence-corrected chi connectivity index (χ2v) is 16.4. The zero-order chi connectivity index (χ0) is 47.7. The van der Waals surface area contributed by atoms with Gasteiger partial charge in [-0.2, -0.15) is 0 Å². The first kappa shape index (κ1) is 47.0. The molecule has 4 aromatic heterocycles. The monoisotopic (exact) mass is 1000 g/mol. The van der Waals surface area contributed by atoms with E-state index >= 15 is 0 Å². The van der Waals surface area contributed by atoms with Crippen LogP contribution in [0.4, 0.5) is 0 Å². The molecule has 0 aliphatic heterocycles. The molecular formula is C54H42Cl2N6O5Se. The molecule has 0 fully saturated rings. The third kappa shape index (κ3) is 8.55. The summed E-state index contributed by atoms with van der Waals surface area (Å²) >= 11 is 11.2. The van der Waals surface area contributed by atoms with E-state index in [0.717, 1.165) is 50.0 Å². The SMILES string of the molecule is COc1nn(C(c2ccccc2)(c2ccccc2)c2ccccc2)c2cc(Cl)nc(C)c12.COc1nn(C(c2ccccc2)(c2ccccc2)c2ccccc2)c2cc(Cl)nc(C=O)c12.O=[Se]=O. The molecule has 0 atom stereocenters. The molecule has 0 aliphatic rings. The standard InChI is InChI=1S/C27H20ClN3O2.C27H22ClN3O.O2Se/c1-33-26-25-22(18-32)29-24(28)17-23(25)31(30-26)27(19-11-5-2-6-12-19,20-13-7-3-8-14-20)21-15-9-4-10-16-21;1-19-25-23(18-24(28)29-19)31(30-26(25)32-2)27(20-12-6-3-7-13-20,21-14-8-4-9-15-21)22-16-10-5-11-17-22;1-3-2/h2-18H,1H3;3-18H,1-2H3;. The van der Waals surface area contributed by atoms with E-state index in [4.69, 9.17) is 50.5 Å². The number of pyridine rings is 2. The summed E-state index contributed by atoms with van der Waals surface area (Å²) in [4.78, 5) is 20.6. The average molecular weight is 1000 g/mol. The van der Waals surface area contributed by atoms with E-state index in [1.54, 1.807) is 13.2 Å².